The lowest BCUT2D eigenvalue weighted by atomic mass is 9.88. The quantitative estimate of drug-likeness (QED) is 0.526. The molecule has 0 aliphatic carbocycles. The maximum Gasteiger partial charge on any atom is 0.343 e. The monoisotopic (exact) mass is 368 g/mol. The number of fused-ring (bicyclic) bond motifs is 1. The number of aromatic hydroxyl groups is 1. The van der Waals surface area contributed by atoms with Crippen LogP contribution in [0.2, 0.25) is 0 Å². The van der Waals surface area contributed by atoms with E-state index in [0.29, 0.717) is 10.9 Å². The van der Waals surface area contributed by atoms with Gasteiger partial charge in [-0.05, 0) is 29.8 Å². The Morgan fingerprint density at radius 2 is 1.78 bits per heavy atom. The number of ether oxygens (including phenoxy) is 1. The predicted molar refractivity (Wildman–Crippen MR) is 96.0 cm³/mol. The van der Waals surface area contributed by atoms with Crippen LogP contribution in [0.5, 0.6) is 5.75 Å². The van der Waals surface area contributed by atoms with Crippen LogP contribution in [0, 0.1) is 0 Å². The molecule has 0 amide bonds. The molecular weight excluding hydrogens is 352 g/mol. The summed E-state index contributed by atoms with van der Waals surface area (Å²) in [7, 11) is 1.22. The number of rotatable bonds is 5. The normalized spacial score (nSPS) is 11.9. The maximum atomic E-state index is 12.5. The van der Waals surface area contributed by atoms with E-state index < -0.39 is 23.5 Å². The second kappa shape index (κ2) is 7.33. The van der Waals surface area contributed by atoms with Crippen LogP contribution >= 0.6 is 0 Å². The minimum atomic E-state index is -1.10. The van der Waals surface area contributed by atoms with E-state index in [1.807, 2.05) is 0 Å². The Morgan fingerprint density at radius 1 is 1.11 bits per heavy atom. The van der Waals surface area contributed by atoms with Crippen LogP contribution in [0.1, 0.15) is 33.8 Å². The molecule has 0 spiro atoms. The van der Waals surface area contributed by atoms with Crippen molar-refractivity contribution in [2.24, 2.45) is 0 Å². The van der Waals surface area contributed by atoms with Gasteiger partial charge >= 0.3 is 17.6 Å². The molecule has 1 heterocycles. The zero-order valence-corrected chi connectivity index (χ0v) is 14.3. The van der Waals surface area contributed by atoms with E-state index in [9.17, 15) is 19.5 Å². The van der Waals surface area contributed by atoms with E-state index in [4.69, 9.17) is 14.3 Å². The maximum absolute atomic E-state index is 12.5. The van der Waals surface area contributed by atoms with Crippen molar-refractivity contribution in [3.63, 3.8) is 0 Å². The Balaban J connectivity index is 2.19. The lowest BCUT2D eigenvalue weighted by molar-refractivity contribution is -0.140. The summed E-state index contributed by atoms with van der Waals surface area (Å²) in [5, 5.41) is 20.1. The fourth-order valence-electron chi connectivity index (χ4n) is 2.95. The summed E-state index contributed by atoms with van der Waals surface area (Å²) in [6.07, 6.45) is -0.223. The van der Waals surface area contributed by atoms with Crippen LogP contribution < -0.4 is 5.63 Å². The smallest absolute Gasteiger partial charge is 0.343 e. The van der Waals surface area contributed by atoms with Crippen LogP contribution in [-0.2, 0) is 9.53 Å². The molecule has 27 heavy (non-hydrogen) atoms. The van der Waals surface area contributed by atoms with Crippen LogP contribution in [0.15, 0.2) is 57.7 Å². The highest BCUT2D eigenvalue weighted by molar-refractivity contribution is 5.88. The standard InChI is InChI=1S/C20H16O7/c1-26-16(21)10-14(11-6-8-12(9-7-11)19(23)24)17-18(22)13-4-2-3-5-15(13)27-20(17)25/h2-9,14,22H,10H2,1H3,(H,23,24). The highest BCUT2D eigenvalue weighted by atomic mass is 16.5. The summed E-state index contributed by atoms with van der Waals surface area (Å²) in [4.78, 5) is 35.5. The lowest BCUT2D eigenvalue weighted by Crippen LogP contribution is -2.18. The number of carbonyl (C=O) groups excluding carboxylic acids is 1. The number of carboxylic acids is 1. The number of hydrogen-bond donors (Lipinski definition) is 2. The van der Waals surface area contributed by atoms with Gasteiger partial charge < -0.3 is 19.4 Å². The number of para-hydroxylation sites is 1. The zero-order valence-electron chi connectivity index (χ0n) is 14.3. The molecule has 7 nitrogen and oxygen atoms in total. The van der Waals surface area contributed by atoms with Gasteiger partial charge in [-0.1, -0.05) is 24.3 Å². The highest BCUT2D eigenvalue weighted by Gasteiger charge is 2.27. The molecule has 2 N–H and O–H groups in total. The van der Waals surface area contributed by atoms with Crippen LogP contribution in [0.3, 0.4) is 0 Å². The van der Waals surface area contributed by atoms with Crippen molar-refractivity contribution in [2.45, 2.75) is 12.3 Å². The van der Waals surface area contributed by atoms with Crippen molar-refractivity contribution in [1.29, 1.82) is 0 Å². The number of carbonyl (C=O) groups is 2. The van der Waals surface area contributed by atoms with Crippen LogP contribution in [0.25, 0.3) is 11.0 Å². The highest BCUT2D eigenvalue weighted by Crippen LogP contribution is 2.36. The van der Waals surface area contributed by atoms with Crippen molar-refractivity contribution in [3.05, 3.63) is 75.6 Å². The molecule has 1 aromatic heterocycles. The van der Waals surface area contributed by atoms with E-state index in [1.165, 1.54) is 31.4 Å². The van der Waals surface area contributed by atoms with E-state index in [2.05, 4.69) is 0 Å². The van der Waals surface area contributed by atoms with Crippen molar-refractivity contribution >= 4 is 22.9 Å². The molecule has 0 saturated heterocycles. The molecule has 1 atom stereocenters. The topological polar surface area (TPSA) is 114 Å². The second-order valence-electron chi connectivity index (χ2n) is 5.91. The minimum Gasteiger partial charge on any atom is -0.507 e. The third-order valence-electron chi connectivity index (χ3n) is 4.33. The van der Waals surface area contributed by atoms with Gasteiger partial charge in [0.1, 0.15) is 11.3 Å². The molecule has 7 heteroatoms. The summed E-state index contributed by atoms with van der Waals surface area (Å²) >= 11 is 0. The molecule has 0 fully saturated rings. The number of benzene rings is 2. The van der Waals surface area contributed by atoms with E-state index in [1.54, 1.807) is 24.3 Å². The first-order valence-corrected chi connectivity index (χ1v) is 8.07. The second-order valence-corrected chi connectivity index (χ2v) is 5.91. The van der Waals surface area contributed by atoms with Crippen molar-refractivity contribution in [3.8, 4) is 5.75 Å². The molecule has 2 aromatic carbocycles. The Hall–Kier alpha value is -3.61. The molecule has 0 saturated carbocycles. The van der Waals surface area contributed by atoms with E-state index in [-0.39, 0.29) is 28.9 Å². The first-order chi connectivity index (χ1) is 12.9. The van der Waals surface area contributed by atoms with Crippen LogP contribution in [0.4, 0.5) is 0 Å². The van der Waals surface area contributed by atoms with Gasteiger partial charge in [-0.25, -0.2) is 9.59 Å². The summed E-state index contributed by atoms with van der Waals surface area (Å²) in [5.74, 6) is -2.83. The van der Waals surface area contributed by atoms with Gasteiger partial charge in [0.15, 0.2) is 0 Å². The Bertz CT molecular complexity index is 1060. The van der Waals surface area contributed by atoms with E-state index >= 15 is 0 Å². The van der Waals surface area contributed by atoms with Gasteiger partial charge in [0.2, 0.25) is 0 Å². The molecule has 0 bridgehead atoms. The molecule has 1 unspecified atom stereocenters. The first-order valence-electron chi connectivity index (χ1n) is 8.07. The lowest BCUT2D eigenvalue weighted by Gasteiger charge is -2.17. The molecule has 3 rings (SSSR count). The third kappa shape index (κ3) is 3.52. The molecule has 0 aliphatic heterocycles. The average Bonchev–Trinajstić information content (AvgIpc) is 2.67. The number of aromatic carboxylic acids is 1. The molecule has 0 aliphatic rings. The summed E-state index contributed by atoms with van der Waals surface area (Å²) in [6.45, 7) is 0. The number of carboxylic acid groups (broad SMARTS) is 1. The van der Waals surface area contributed by atoms with Crippen LogP contribution in [-0.4, -0.2) is 29.3 Å². The average molecular weight is 368 g/mol. The Kier molecular flexibility index (Phi) is 4.94. The number of esters is 1. The SMILES string of the molecule is COC(=O)CC(c1ccc(C(=O)O)cc1)c1c(O)c2ccccc2oc1=O. The summed E-state index contributed by atoms with van der Waals surface area (Å²) < 4.78 is 10.00. The summed E-state index contributed by atoms with van der Waals surface area (Å²) in [5.41, 5.74) is -0.0972. The first kappa shape index (κ1) is 18.2. The zero-order chi connectivity index (χ0) is 19.6. The van der Waals surface area contributed by atoms with Crippen molar-refractivity contribution in [1.82, 2.24) is 0 Å². The molecular formula is C20H16O7. The van der Waals surface area contributed by atoms with Gasteiger partial charge in [0.05, 0.1) is 30.0 Å². The largest absolute Gasteiger partial charge is 0.507 e. The predicted octanol–water partition coefficient (Wildman–Crippen LogP) is 2.89. The fourth-order valence-corrected chi connectivity index (χ4v) is 2.95. The van der Waals surface area contributed by atoms with Gasteiger partial charge in [0, 0.05) is 5.92 Å². The van der Waals surface area contributed by atoms with E-state index in [0.717, 1.165) is 0 Å². The third-order valence-corrected chi connectivity index (χ3v) is 4.33. The van der Waals surface area contributed by atoms with Gasteiger partial charge in [-0.15, -0.1) is 0 Å². The minimum absolute atomic E-state index is 0.0605. The van der Waals surface area contributed by atoms with Crippen molar-refractivity contribution < 1.29 is 29.0 Å². The molecule has 0 radical (unpaired) electrons. The molecule has 138 valence electrons. The van der Waals surface area contributed by atoms with Gasteiger partial charge in [0.25, 0.3) is 0 Å². The van der Waals surface area contributed by atoms with Gasteiger partial charge in [-0.2, -0.15) is 0 Å². The Morgan fingerprint density at radius 3 is 2.41 bits per heavy atom. The number of methoxy groups -OCH3 is 1. The molecule has 3 aromatic rings. The summed E-state index contributed by atoms with van der Waals surface area (Å²) in [6, 6.07) is 12.2. The number of hydrogen-bond acceptors (Lipinski definition) is 6. The Labute approximate surface area is 153 Å². The van der Waals surface area contributed by atoms with Gasteiger partial charge in [-0.3, -0.25) is 4.79 Å². The van der Waals surface area contributed by atoms with Crippen molar-refractivity contribution in [2.75, 3.05) is 7.11 Å². The fraction of sp³-hybridized carbons (Fsp3) is 0.150.